The normalized spacial score (nSPS) is 10.4. The van der Waals surface area contributed by atoms with Gasteiger partial charge in [0.25, 0.3) is 0 Å². The number of hydrogen-bond acceptors (Lipinski definition) is 4. The maximum Gasteiger partial charge on any atom is 0.387 e. The third-order valence-corrected chi connectivity index (χ3v) is 1.82. The van der Waals surface area contributed by atoms with E-state index >= 15 is 0 Å². The molecule has 0 heterocycles. The number of nitrogen functional groups attached to an aromatic ring is 1. The van der Waals surface area contributed by atoms with Crippen molar-refractivity contribution < 1.29 is 27.4 Å². The molecule has 0 atom stereocenters. The van der Waals surface area contributed by atoms with Crippen LogP contribution in [-0.4, -0.2) is 19.2 Å². The molecule has 1 aromatic carbocycles. The summed E-state index contributed by atoms with van der Waals surface area (Å²) in [5.74, 6) is -2.41. The number of anilines is 1. The molecule has 1 rings (SSSR count). The summed E-state index contributed by atoms with van der Waals surface area (Å²) in [6.07, 6.45) is 0. The second kappa shape index (κ2) is 5.42. The Hall–Kier alpha value is -1.92. The Balaban J connectivity index is 3.13. The van der Waals surface area contributed by atoms with Crippen LogP contribution in [0.3, 0.4) is 0 Å². The van der Waals surface area contributed by atoms with Crippen molar-refractivity contribution in [1.29, 1.82) is 0 Å². The van der Waals surface area contributed by atoms with Gasteiger partial charge in [-0.25, -0.2) is 9.18 Å². The number of carbonyl (C=O) groups excluding carboxylic acids is 1. The van der Waals surface area contributed by atoms with E-state index in [-0.39, 0.29) is 17.9 Å². The van der Waals surface area contributed by atoms with E-state index < -0.39 is 24.1 Å². The van der Waals surface area contributed by atoms with Gasteiger partial charge in [-0.15, -0.1) is 0 Å². The van der Waals surface area contributed by atoms with E-state index in [1.54, 1.807) is 6.92 Å². The molecule has 0 radical (unpaired) electrons. The van der Waals surface area contributed by atoms with Crippen LogP contribution >= 0.6 is 0 Å². The SMILES string of the molecule is CCOC(=O)c1cc(F)cc(OC(F)F)c1N. The van der Waals surface area contributed by atoms with Crippen LogP contribution in [0.4, 0.5) is 18.9 Å². The van der Waals surface area contributed by atoms with Gasteiger partial charge in [-0.3, -0.25) is 0 Å². The number of halogens is 3. The molecule has 0 saturated carbocycles. The highest BCUT2D eigenvalue weighted by atomic mass is 19.3. The first kappa shape index (κ1) is 13.1. The number of hydrogen-bond donors (Lipinski definition) is 1. The van der Waals surface area contributed by atoms with Gasteiger partial charge < -0.3 is 15.2 Å². The van der Waals surface area contributed by atoms with Crippen molar-refractivity contribution in [3.8, 4) is 5.75 Å². The molecule has 0 aliphatic carbocycles. The van der Waals surface area contributed by atoms with Crippen molar-refractivity contribution in [2.75, 3.05) is 12.3 Å². The zero-order chi connectivity index (χ0) is 13.0. The third kappa shape index (κ3) is 3.27. The molecule has 0 fully saturated rings. The molecule has 94 valence electrons. The average molecular weight is 249 g/mol. The topological polar surface area (TPSA) is 61.5 Å². The number of rotatable bonds is 4. The molecule has 0 bridgehead atoms. The summed E-state index contributed by atoms with van der Waals surface area (Å²) in [7, 11) is 0. The van der Waals surface area contributed by atoms with Crippen LogP contribution in [0.2, 0.25) is 0 Å². The highest BCUT2D eigenvalue weighted by molar-refractivity contribution is 5.96. The highest BCUT2D eigenvalue weighted by Crippen LogP contribution is 2.28. The molecule has 17 heavy (non-hydrogen) atoms. The van der Waals surface area contributed by atoms with Crippen LogP contribution in [0.1, 0.15) is 17.3 Å². The van der Waals surface area contributed by atoms with E-state index in [0.29, 0.717) is 6.07 Å². The Morgan fingerprint density at radius 1 is 1.47 bits per heavy atom. The van der Waals surface area contributed by atoms with Crippen LogP contribution in [0, 0.1) is 5.82 Å². The summed E-state index contributed by atoms with van der Waals surface area (Å²) in [5, 5.41) is 0. The maximum atomic E-state index is 13.1. The molecule has 0 aromatic heterocycles. The fourth-order valence-corrected chi connectivity index (χ4v) is 1.16. The van der Waals surface area contributed by atoms with E-state index in [4.69, 9.17) is 5.73 Å². The van der Waals surface area contributed by atoms with E-state index in [9.17, 15) is 18.0 Å². The Bertz CT molecular complexity index is 424. The predicted octanol–water partition coefficient (Wildman–Crippen LogP) is 2.19. The number of nitrogens with two attached hydrogens (primary N) is 1. The molecule has 2 N–H and O–H groups in total. The van der Waals surface area contributed by atoms with Gasteiger partial charge in [0.05, 0.1) is 17.9 Å². The van der Waals surface area contributed by atoms with Gasteiger partial charge in [-0.2, -0.15) is 8.78 Å². The zero-order valence-corrected chi connectivity index (χ0v) is 8.88. The van der Waals surface area contributed by atoms with Crippen LogP contribution in [0.5, 0.6) is 5.75 Å². The lowest BCUT2D eigenvalue weighted by Crippen LogP contribution is -2.12. The fourth-order valence-electron chi connectivity index (χ4n) is 1.16. The third-order valence-electron chi connectivity index (χ3n) is 1.82. The fraction of sp³-hybridized carbons (Fsp3) is 0.300. The molecule has 0 saturated heterocycles. The lowest BCUT2D eigenvalue weighted by molar-refractivity contribution is -0.0495. The smallest absolute Gasteiger partial charge is 0.387 e. The molecule has 0 aliphatic heterocycles. The molecule has 0 spiro atoms. The summed E-state index contributed by atoms with van der Waals surface area (Å²) in [6.45, 7) is -1.56. The second-order valence-electron chi connectivity index (χ2n) is 2.96. The monoisotopic (exact) mass is 249 g/mol. The molecule has 0 amide bonds. The van der Waals surface area contributed by atoms with Crippen molar-refractivity contribution >= 4 is 11.7 Å². The number of ether oxygens (including phenoxy) is 2. The van der Waals surface area contributed by atoms with E-state index in [2.05, 4.69) is 9.47 Å². The summed E-state index contributed by atoms with van der Waals surface area (Å²) in [6, 6.07) is 1.47. The van der Waals surface area contributed by atoms with Crippen molar-refractivity contribution in [3.63, 3.8) is 0 Å². The summed E-state index contributed by atoms with van der Waals surface area (Å²) < 4.78 is 45.6. The summed E-state index contributed by atoms with van der Waals surface area (Å²) in [4.78, 5) is 11.3. The van der Waals surface area contributed by atoms with Gasteiger partial charge in [-0.1, -0.05) is 0 Å². The summed E-state index contributed by atoms with van der Waals surface area (Å²) >= 11 is 0. The van der Waals surface area contributed by atoms with Crippen molar-refractivity contribution in [2.45, 2.75) is 13.5 Å². The van der Waals surface area contributed by atoms with Crippen molar-refractivity contribution in [2.24, 2.45) is 0 Å². The Morgan fingerprint density at radius 2 is 2.12 bits per heavy atom. The quantitative estimate of drug-likeness (QED) is 0.656. The van der Waals surface area contributed by atoms with Gasteiger partial charge in [-0.05, 0) is 13.0 Å². The zero-order valence-electron chi connectivity index (χ0n) is 8.88. The van der Waals surface area contributed by atoms with Crippen molar-refractivity contribution in [1.82, 2.24) is 0 Å². The predicted molar refractivity (Wildman–Crippen MR) is 53.4 cm³/mol. The van der Waals surface area contributed by atoms with E-state index in [1.807, 2.05) is 0 Å². The molecule has 4 nitrogen and oxygen atoms in total. The molecular formula is C10H10F3NO3. The lowest BCUT2D eigenvalue weighted by atomic mass is 10.1. The first-order chi connectivity index (χ1) is 7.95. The molecular weight excluding hydrogens is 239 g/mol. The second-order valence-corrected chi connectivity index (χ2v) is 2.96. The average Bonchev–Trinajstić information content (AvgIpc) is 2.22. The minimum atomic E-state index is -3.16. The Morgan fingerprint density at radius 3 is 2.65 bits per heavy atom. The molecule has 7 heteroatoms. The standard InChI is InChI=1S/C10H10F3NO3/c1-2-16-9(15)6-3-5(11)4-7(8(6)14)17-10(12)13/h3-4,10H,2,14H2,1H3. The highest BCUT2D eigenvalue weighted by Gasteiger charge is 2.18. The number of benzene rings is 1. The maximum absolute atomic E-state index is 13.1. The first-order valence-electron chi connectivity index (χ1n) is 4.66. The minimum Gasteiger partial charge on any atom is -0.462 e. The van der Waals surface area contributed by atoms with E-state index in [1.165, 1.54) is 0 Å². The van der Waals surface area contributed by atoms with Gasteiger partial charge >= 0.3 is 12.6 Å². The first-order valence-corrected chi connectivity index (χ1v) is 4.66. The Labute approximate surface area is 95.1 Å². The van der Waals surface area contributed by atoms with Gasteiger partial charge in [0.15, 0.2) is 5.75 Å². The number of esters is 1. The van der Waals surface area contributed by atoms with E-state index in [0.717, 1.165) is 6.07 Å². The lowest BCUT2D eigenvalue weighted by Gasteiger charge is -2.11. The molecule has 0 aliphatic rings. The van der Waals surface area contributed by atoms with Gasteiger partial charge in [0.1, 0.15) is 5.82 Å². The largest absolute Gasteiger partial charge is 0.462 e. The van der Waals surface area contributed by atoms with Crippen LogP contribution in [0.15, 0.2) is 12.1 Å². The minimum absolute atomic E-state index is 0.0554. The molecule has 0 unspecified atom stereocenters. The van der Waals surface area contributed by atoms with Gasteiger partial charge in [0, 0.05) is 6.07 Å². The van der Waals surface area contributed by atoms with Crippen LogP contribution < -0.4 is 10.5 Å². The summed E-state index contributed by atoms with van der Waals surface area (Å²) in [5.41, 5.74) is 4.68. The molecule has 1 aromatic rings. The van der Waals surface area contributed by atoms with Crippen molar-refractivity contribution in [3.05, 3.63) is 23.5 Å². The van der Waals surface area contributed by atoms with Crippen LogP contribution in [-0.2, 0) is 4.74 Å². The number of alkyl halides is 2. The van der Waals surface area contributed by atoms with Gasteiger partial charge in [0.2, 0.25) is 0 Å². The van der Waals surface area contributed by atoms with Crippen LogP contribution in [0.25, 0.3) is 0 Å². The number of carbonyl (C=O) groups is 1. The Kier molecular flexibility index (Phi) is 4.19.